The second kappa shape index (κ2) is 5.96. The Morgan fingerprint density at radius 2 is 2.33 bits per heavy atom. The third kappa shape index (κ3) is 3.17. The van der Waals surface area contributed by atoms with Crippen molar-refractivity contribution in [1.29, 1.82) is 5.26 Å². The molecule has 1 rings (SSSR count). The molecule has 6 nitrogen and oxygen atoms in total. The Kier molecular flexibility index (Phi) is 4.60. The smallest absolute Gasteiger partial charge is 0.311 e. The molecule has 0 radical (unpaired) electrons. The van der Waals surface area contributed by atoms with Gasteiger partial charge >= 0.3 is 5.69 Å². The second-order valence-corrected chi connectivity index (χ2v) is 4.18. The zero-order valence-corrected chi connectivity index (χ0v) is 10.8. The van der Waals surface area contributed by atoms with E-state index in [4.69, 9.17) is 5.26 Å². The van der Waals surface area contributed by atoms with Crippen molar-refractivity contribution < 1.29 is 4.92 Å². The van der Waals surface area contributed by atoms with Crippen LogP contribution in [0.3, 0.4) is 0 Å². The number of nitro groups is 1. The van der Waals surface area contributed by atoms with Gasteiger partial charge in [0.25, 0.3) is 0 Å². The number of aryl methyl sites for hydroxylation is 1. The van der Waals surface area contributed by atoms with Gasteiger partial charge in [-0.1, -0.05) is 0 Å². The molecule has 0 bridgehead atoms. The van der Waals surface area contributed by atoms with E-state index in [0.717, 1.165) is 5.56 Å². The van der Waals surface area contributed by atoms with Crippen molar-refractivity contribution >= 4 is 11.5 Å². The highest BCUT2D eigenvalue weighted by Gasteiger charge is 2.21. The normalized spacial score (nSPS) is 11.7. The van der Waals surface area contributed by atoms with Crippen LogP contribution in [-0.4, -0.2) is 23.0 Å². The highest BCUT2D eigenvalue weighted by molar-refractivity contribution is 5.58. The first kappa shape index (κ1) is 13.9. The van der Waals surface area contributed by atoms with Gasteiger partial charge in [0, 0.05) is 25.4 Å². The fraction of sp³-hybridized carbons (Fsp3) is 0.500. The van der Waals surface area contributed by atoms with Gasteiger partial charge in [0.15, 0.2) is 0 Å². The fourth-order valence-electron chi connectivity index (χ4n) is 1.66. The molecule has 1 heterocycles. The van der Waals surface area contributed by atoms with Crippen LogP contribution in [0.4, 0.5) is 11.5 Å². The number of hydrogen-bond acceptors (Lipinski definition) is 5. The zero-order chi connectivity index (χ0) is 13.7. The maximum Gasteiger partial charge on any atom is 0.311 e. The highest BCUT2D eigenvalue weighted by Crippen LogP contribution is 2.26. The first-order valence-electron chi connectivity index (χ1n) is 5.75. The molecule has 1 atom stereocenters. The van der Waals surface area contributed by atoms with Crippen molar-refractivity contribution in [2.45, 2.75) is 20.8 Å². The van der Waals surface area contributed by atoms with Gasteiger partial charge in [-0.15, -0.1) is 0 Å². The number of anilines is 1. The van der Waals surface area contributed by atoms with Crippen molar-refractivity contribution in [2.75, 3.05) is 18.0 Å². The molecule has 18 heavy (non-hydrogen) atoms. The molecule has 0 aromatic carbocycles. The average Bonchev–Trinajstić information content (AvgIpc) is 2.35. The van der Waals surface area contributed by atoms with Gasteiger partial charge in [-0.05, 0) is 26.3 Å². The van der Waals surface area contributed by atoms with Gasteiger partial charge in [0.1, 0.15) is 0 Å². The van der Waals surface area contributed by atoms with E-state index >= 15 is 0 Å². The molecule has 0 saturated heterocycles. The standard InChI is InChI=1S/C12H16N4O2/c1-4-15(8-10(3)6-13)12-11(16(17)18)5-9(2)7-14-12/h5,7,10H,4,8H2,1-3H3. The third-order valence-electron chi connectivity index (χ3n) is 2.58. The summed E-state index contributed by atoms with van der Waals surface area (Å²) < 4.78 is 0. The first-order valence-corrected chi connectivity index (χ1v) is 5.75. The summed E-state index contributed by atoms with van der Waals surface area (Å²) in [7, 11) is 0. The van der Waals surface area contributed by atoms with Crippen LogP contribution in [0.5, 0.6) is 0 Å². The molecule has 0 amide bonds. The average molecular weight is 248 g/mol. The number of nitriles is 1. The molecule has 1 aromatic heterocycles. The monoisotopic (exact) mass is 248 g/mol. The van der Waals surface area contributed by atoms with Gasteiger partial charge in [-0.2, -0.15) is 5.26 Å². The minimum atomic E-state index is -0.435. The summed E-state index contributed by atoms with van der Waals surface area (Å²) in [5, 5.41) is 19.8. The van der Waals surface area contributed by atoms with Gasteiger partial charge < -0.3 is 4.90 Å². The predicted octanol–water partition coefficient (Wildman–Crippen LogP) is 2.28. The van der Waals surface area contributed by atoms with Crippen molar-refractivity contribution in [3.63, 3.8) is 0 Å². The predicted molar refractivity (Wildman–Crippen MR) is 68.3 cm³/mol. The van der Waals surface area contributed by atoms with E-state index in [1.54, 1.807) is 24.9 Å². The summed E-state index contributed by atoms with van der Waals surface area (Å²) in [6, 6.07) is 3.62. The summed E-state index contributed by atoms with van der Waals surface area (Å²) in [6.45, 7) is 6.43. The number of aromatic nitrogens is 1. The molecule has 1 unspecified atom stereocenters. The molecule has 0 aliphatic heterocycles. The number of hydrogen-bond donors (Lipinski definition) is 0. The van der Waals surface area contributed by atoms with Crippen LogP contribution in [0.15, 0.2) is 12.3 Å². The van der Waals surface area contributed by atoms with Crippen LogP contribution in [-0.2, 0) is 0 Å². The Labute approximate surface area is 106 Å². The van der Waals surface area contributed by atoms with Crippen molar-refractivity contribution in [1.82, 2.24) is 4.98 Å². The molecule has 0 saturated carbocycles. The number of nitrogens with zero attached hydrogens (tertiary/aromatic N) is 4. The van der Waals surface area contributed by atoms with Gasteiger partial charge in [0.05, 0.1) is 16.9 Å². The van der Waals surface area contributed by atoms with Crippen LogP contribution in [0.25, 0.3) is 0 Å². The lowest BCUT2D eigenvalue weighted by Crippen LogP contribution is -2.29. The topological polar surface area (TPSA) is 83.1 Å². The van der Waals surface area contributed by atoms with Crippen molar-refractivity contribution in [3.05, 3.63) is 27.9 Å². The Morgan fingerprint density at radius 1 is 1.67 bits per heavy atom. The Balaban J connectivity index is 3.13. The fourth-order valence-corrected chi connectivity index (χ4v) is 1.66. The summed E-state index contributed by atoms with van der Waals surface area (Å²) in [5.41, 5.74) is 0.733. The lowest BCUT2D eigenvalue weighted by atomic mass is 10.2. The first-order chi connectivity index (χ1) is 8.49. The van der Waals surface area contributed by atoms with E-state index in [-0.39, 0.29) is 11.6 Å². The summed E-state index contributed by atoms with van der Waals surface area (Å²) in [4.78, 5) is 16.5. The second-order valence-electron chi connectivity index (χ2n) is 4.18. The van der Waals surface area contributed by atoms with E-state index < -0.39 is 4.92 Å². The molecule has 1 aromatic rings. The molecule has 0 aliphatic carbocycles. The Morgan fingerprint density at radius 3 is 2.83 bits per heavy atom. The molecular formula is C12H16N4O2. The number of rotatable bonds is 5. The van der Waals surface area contributed by atoms with Crippen molar-refractivity contribution in [3.8, 4) is 6.07 Å². The SMILES string of the molecule is CCN(CC(C)C#N)c1ncc(C)cc1[N+](=O)[O-]. The quantitative estimate of drug-likeness (QED) is 0.589. The summed E-state index contributed by atoms with van der Waals surface area (Å²) >= 11 is 0. The van der Waals surface area contributed by atoms with Crippen LogP contribution < -0.4 is 4.90 Å². The molecular weight excluding hydrogens is 232 g/mol. The van der Waals surface area contributed by atoms with Gasteiger partial charge in [-0.25, -0.2) is 4.98 Å². The largest absolute Gasteiger partial charge is 0.350 e. The summed E-state index contributed by atoms with van der Waals surface area (Å²) in [6.07, 6.45) is 1.60. The van der Waals surface area contributed by atoms with Crippen LogP contribution in [0, 0.1) is 34.3 Å². The molecule has 6 heteroatoms. The third-order valence-corrected chi connectivity index (χ3v) is 2.58. The van der Waals surface area contributed by atoms with E-state index in [2.05, 4.69) is 11.1 Å². The van der Waals surface area contributed by atoms with E-state index in [9.17, 15) is 10.1 Å². The zero-order valence-electron chi connectivity index (χ0n) is 10.8. The molecule has 0 fully saturated rings. The molecule has 96 valence electrons. The van der Waals surface area contributed by atoms with E-state index in [1.165, 1.54) is 6.07 Å². The van der Waals surface area contributed by atoms with E-state index in [1.807, 2.05) is 6.92 Å². The van der Waals surface area contributed by atoms with Gasteiger partial charge in [-0.3, -0.25) is 10.1 Å². The van der Waals surface area contributed by atoms with Crippen LogP contribution in [0.2, 0.25) is 0 Å². The maximum atomic E-state index is 11.0. The van der Waals surface area contributed by atoms with Crippen molar-refractivity contribution in [2.24, 2.45) is 5.92 Å². The van der Waals surface area contributed by atoms with Gasteiger partial charge in [0.2, 0.25) is 5.82 Å². The Hall–Kier alpha value is -2.16. The minimum Gasteiger partial charge on any atom is -0.350 e. The molecule has 0 spiro atoms. The molecule has 0 aliphatic rings. The van der Waals surface area contributed by atoms with Crippen LogP contribution >= 0.6 is 0 Å². The summed E-state index contributed by atoms with van der Waals surface area (Å²) in [5.74, 6) is 0.128. The lowest BCUT2D eigenvalue weighted by Gasteiger charge is -2.22. The lowest BCUT2D eigenvalue weighted by molar-refractivity contribution is -0.384. The molecule has 0 N–H and O–H groups in total. The minimum absolute atomic E-state index is 0.0120. The Bertz CT molecular complexity index is 481. The van der Waals surface area contributed by atoms with E-state index in [0.29, 0.717) is 18.9 Å². The number of pyridine rings is 1. The highest BCUT2D eigenvalue weighted by atomic mass is 16.6. The maximum absolute atomic E-state index is 11.0. The van der Waals surface area contributed by atoms with Crippen LogP contribution in [0.1, 0.15) is 19.4 Å².